The van der Waals surface area contributed by atoms with E-state index in [9.17, 15) is 9.18 Å². The van der Waals surface area contributed by atoms with Crippen molar-refractivity contribution in [1.29, 1.82) is 0 Å². The average molecular weight is 253 g/mol. The van der Waals surface area contributed by atoms with Crippen LogP contribution < -0.4 is 5.32 Å². The minimum atomic E-state index is -0.720. The van der Waals surface area contributed by atoms with Gasteiger partial charge in [-0.1, -0.05) is 0 Å². The zero-order chi connectivity index (χ0) is 13.1. The Hall–Kier alpha value is -1.62. The van der Waals surface area contributed by atoms with E-state index in [1.54, 1.807) is 0 Å². The Balaban J connectivity index is 2.02. The summed E-state index contributed by atoms with van der Waals surface area (Å²) in [5.41, 5.74) is -0.0569. The molecule has 18 heavy (non-hydrogen) atoms. The first-order valence-corrected chi connectivity index (χ1v) is 5.95. The standard InChI is InChI=1S/C13H16FNO3/c1-8(9-4-5-18-7-9)15-13(17)11-3-2-10(16)6-12(11)14/h2-3,6,8-9,16H,4-5,7H2,1H3,(H,15,17)/t8-,9+/m0/s1. The van der Waals surface area contributed by atoms with E-state index in [2.05, 4.69) is 5.32 Å². The predicted molar refractivity (Wildman–Crippen MR) is 63.9 cm³/mol. The summed E-state index contributed by atoms with van der Waals surface area (Å²) in [7, 11) is 0. The summed E-state index contributed by atoms with van der Waals surface area (Å²) in [5.74, 6) is -1.11. The van der Waals surface area contributed by atoms with Crippen molar-refractivity contribution in [3.63, 3.8) is 0 Å². The first-order valence-electron chi connectivity index (χ1n) is 5.95. The molecule has 5 heteroatoms. The van der Waals surface area contributed by atoms with E-state index in [1.165, 1.54) is 12.1 Å². The molecule has 1 fully saturated rings. The maximum Gasteiger partial charge on any atom is 0.254 e. The molecule has 2 rings (SSSR count). The van der Waals surface area contributed by atoms with Gasteiger partial charge in [-0.2, -0.15) is 0 Å². The molecule has 1 aromatic carbocycles. The van der Waals surface area contributed by atoms with E-state index in [0.29, 0.717) is 13.2 Å². The summed E-state index contributed by atoms with van der Waals surface area (Å²) < 4.78 is 18.7. The quantitative estimate of drug-likeness (QED) is 0.861. The van der Waals surface area contributed by atoms with Crippen molar-refractivity contribution in [2.24, 2.45) is 5.92 Å². The molecule has 1 aromatic rings. The van der Waals surface area contributed by atoms with Gasteiger partial charge in [-0.15, -0.1) is 0 Å². The van der Waals surface area contributed by atoms with Crippen LogP contribution in [0.4, 0.5) is 4.39 Å². The van der Waals surface area contributed by atoms with E-state index in [-0.39, 0.29) is 23.3 Å². The van der Waals surface area contributed by atoms with Gasteiger partial charge in [-0.05, 0) is 25.5 Å². The Morgan fingerprint density at radius 3 is 3.00 bits per heavy atom. The zero-order valence-corrected chi connectivity index (χ0v) is 10.1. The van der Waals surface area contributed by atoms with Gasteiger partial charge >= 0.3 is 0 Å². The Morgan fingerprint density at radius 1 is 1.61 bits per heavy atom. The number of carbonyl (C=O) groups is 1. The molecule has 2 N–H and O–H groups in total. The summed E-state index contributed by atoms with van der Waals surface area (Å²) in [6.45, 7) is 3.22. The summed E-state index contributed by atoms with van der Waals surface area (Å²) in [6, 6.07) is 3.44. The average Bonchev–Trinajstić information content (AvgIpc) is 2.81. The minimum Gasteiger partial charge on any atom is -0.508 e. The molecule has 0 spiro atoms. The molecule has 0 unspecified atom stereocenters. The van der Waals surface area contributed by atoms with Crippen molar-refractivity contribution in [2.75, 3.05) is 13.2 Å². The Kier molecular flexibility index (Phi) is 3.81. The number of nitrogens with one attached hydrogen (secondary N) is 1. The predicted octanol–water partition coefficient (Wildman–Crippen LogP) is 1.69. The number of hydrogen-bond donors (Lipinski definition) is 2. The molecule has 2 atom stereocenters. The molecule has 0 radical (unpaired) electrons. The van der Waals surface area contributed by atoms with Crippen LogP contribution in [0.5, 0.6) is 5.75 Å². The number of carbonyl (C=O) groups excluding carboxylic acids is 1. The van der Waals surface area contributed by atoms with Gasteiger partial charge in [0.05, 0.1) is 12.2 Å². The second-order valence-corrected chi connectivity index (χ2v) is 4.55. The third kappa shape index (κ3) is 2.79. The van der Waals surface area contributed by atoms with Gasteiger partial charge in [0.1, 0.15) is 11.6 Å². The lowest BCUT2D eigenvalue weighted by molar-refractivity contribution is 0.0918. The minimum absolute atomic E-state index is 0.0569. The largest absolute Gasteiger partial charge is 0.508 e. The lowest BCUT2D eigenvalue weighted by Gasteiger charge is -2.19. The molecule has 0 bridgehead atoms. The number of phenols is 1. The van der Waals surface area contributed by atoms with E-state index >= 15 is 0 Å². The number of rotatable bonds is 3. The molecule has 1 aliphatic heterocycles. The third-order valence-electron chi connectivity index (χ3n) is 3.23. The number of ether oxygens (including phenoxy) is 1. The molecule has 1 heterocycles. The van der Waals surface area contributed by atoms with Crippen molar-refractivity contribution in [3.05, 3.63) is 29.6 Å². The molecule has 1 aliphatic rings. The molecule has 0 aromatic heterocycles. The van der Waals surface area contributed by atoms with Crippen molar-refractivity contribution >= 4 is 5.91 Å². The topological polar surface area (TPSA) is 58.6 Å². The molecule has 0 aliphatic carbocycles. The second-order valence-electron chi connectivity index (χ2n) is 4.55. The molecular formula is C13H16FNO3. The van der Waals surface area contributed by atoms with Crippen molar-refractivity contribution < 1.29 is 19.0 Å². The number of amides is 1. The van der Waals surface area contributed by atoms with Crippen LogP contribution in [0.1, 0.15) is 23.7 Å². The maximum atomic E-state index is 13.5. The number of benzene rings is 1. The highest BCUT2D eigenvalue weighted by Crippen LogP contribution is 2.18. The third-order valence-corrected chi connectivity index (χ3v) is 3.23. The molecular weight excluding hydrogens is 237 g/mol. The lowest BCUT2D eigenvalue weighted by Crippen LogP contribution is -2.38. The zero-order valence-electron chi connectivity index (χ0n) is 10.1. The summed E-state index contributed by atoms with van der Waals surface area (Å²) >= 11 is 0. The number of halogens is 1. The highest BCUT2D eigenvalue weighted by atomic mass is 19.1. The van der Waals surface area contributed by atoms with Gasteiger partial charge in [0.15, 0.2) is 0 Å². The number of aromatic hydroxyl groups is 1. The number of phenolic OH excluding ortho intramolecular Hbond substituents is 1. The van der Waals surface area contributed by atoms with Gasteiger partial charge in [0.2, 0.25) is 0 Å². The van der Waals surface area contributed by atoms with Crippen LogP contribution >= 0.6 is 0 Å². The second kappa shape index (κ2) is 5.35. The molecule has 0 saturated carbocycles. The van der Waals surface area contributed by atoms with Gasteiger partial charge in [-0.25, -0.2) is 4.39 Å². The highest BCUT2D eigenvalue weighted by molar-refractivity contribution is 5.94. The molecule has 4 nitrogen and oxygen atoms in total. The lowest BCUT2D eigenvalue weighted by atomic mass is 10.0. The first kappa shape index (κ1) is 12.8. The van der Waals surface area contributed by atoms with Crippen LogP contribution in [-0.2, 0) is 4.74 Å². The SMILES string of the molecule is C[C@H](NC(=O)c1ccc(O)cc1F)[C@@H]1CCOC1. The van der Waals surface area contributed by atoms with Crippen LogP contribution in [0.15, 0.2) is 18.2 Å². The Morgan fingerprint density at radius 2 is 2.39 bits per heavy atom. The van der Waals surface area contributed by atoms with E-state index in [0.717, 1.165) is 12.5 Å². The van der Waals surface area contributed by atoms with Crippen molar-refractivity contribution in [1.82, 2.24) is 5.32 Å². The normalized spacial score (nSPS) is 20.7. The van der Waals surface area contributed by atoms with Crippen LogP contribution in [0.25, 0.3) is 0 Å². The molecule has 98 valence electrons. The fourth-order valence-corrected chi connectivity index (χ4v) is 2.04. The molecule has 1 saturated heterocycles. The monoisotopic (exact) mass is 253 g/mol. The van der Waals surface area contributed by atoms with E-state index < -0.39 is 11.7 Å². The van der Waals surface area contributed by atoms with E-state index in [4.69, 9.17) is 9.84 Å². The number of hydrogen-bond acceptors (Lipinski definition) is 3. The summed E-state index contributed by atoms with van der Waals surface area (Å²) in [4.78, 5) is 11.9. The smallest absolute Gasteiger partial charge is 0.254 e. The van der Waals surface area contributed by atoms with E-state index in [1.807, 2.05) is 6.92 Å². The Labute approximate surface area is 105 Å². The van der Waals surface area contributed by atoms with Crippen molar-refractivity contribution in [2.45, 2.75) is 19.4 Å². The van der Waals surface area contributed by atoms with Crippen molar-refractivity contribution in [3.8, 4) is 5.75 Å². The highest BCUT2D eigenvalue weighted by Gasteiger charge is 2.24. The first-order chi connectivity index (χ1) is 8.58. The van der Waals surface area contributed by atoms with Crippen LogP contribution in [0.2, 0.25) is 0 Å². The summed E-state index contributed by atoms with van der Waals surface area (Å²) in [5, 5.41) is 11.8. The van der Waals surface area contributed by atoms with Crippen LogP contribution in [0, 0.1) is 11.7 Å². The molecule has 1 amide bonds. The summed E-state index contributed by atoms with van der Waals surface area (Å²) in [6.07, 6.45) is 0.902. The van der Waals surface area contributed by atoms with Gasteiger partial charge in [0.25, 0.3) is 5.91 Å². The maximum absolute atomic E-state index is 13.5. The fraction of sp³-hybridized carbons (Fsp3) is 0.462. The fourth-order valence-electron chi connectivity index (χ4n) is 2.04. The van der Waals surface area contributed by atoms with Crippen LogP contribution in [0.3, 0.4) is 0 Å². The van der Waals surface area contributed by atoms with Gasteiger partial charge < -0.3 is 15.2 Å². The van der Waals surface area contributed by atoms with Gasteiger partial charge in [-0.3, -0.25) is 4.79 Å². The Bertz CT molecular complexity index is 444. The van der Waals surface area contributed by atoms with Gasteiger partial charge in [0, 0.05) is 24.6 Å². The van der Waals surface area contributed by atoms with Crippen LogP contribution in [-0.4, -0.2) is 30.3 Å².